The van der Waals surface area contributed by atoms with Crippen LogP contribution in [0.15, 0.2) is 24.3 Å². The molecule has 28 heavy (non-hydrogen) atoms. The summed E-state index contributed by atoms with van der Waals surface area (Å²) in [6, 6.07) is 8.30. The largest absolute Gasteiger partial charge is 0.450 e. The lowest BCUT2D eigenvalue weighted by Gasteiger charge is -2.39. The van der Waals surface area contributed by atoms with Gasteiger partial charge in [0.05, 0.1) is 6.61 Å². The van der Waals surface area contributed by atoms with E-state index in [1.54, 1.807) is 16.1 Å². The van der Waals surface area contributed by atoms with Crippen LogP contribution >= 0.6 is 0 Å². The van der Waals surface area contributed by atoms with E-state index >= 15 is 0 Å². The van der Waals surface area contributed by atoms with Crippen molar-refractivity contribution < 1.29 is 17.9 Å². The van der Waals surface area contributed by atoms with E-state index in [0.29, 0.717) is 45.9 Å². The molecule has 0 aromatic heterocycles. The number of carbonyl (C=O) groups excluding carboxylic acids is 1. The molecule has 1 aromatic rings. The smallest absolute Gasteiger partial charge is 0.409 e. The number of benzene rings is 1. The molecular formula is C19H30N4O4S. The third-order valence-electron chi connectivity index (χ3n) is 5.40. The number of aryl methyl sites for hydroxylation is 1. The summed E-state index contributed by atoms with van der Waals surface area (Å²) in [4.78, 5) is 15.6. The number of rotatable bonds is 5. The Bertz CT molecular complexity index is 770. The summed E-state index contributed by atoms with van der Waals surface area (Å²) in [5.41, 5.74) is 2.55. The number of piperazine rings is 2. The Morgan fingerprint density at radius 3 is 2.11 bits per heavy atom. The number of ether oxygens (including phenoxy) is 1. The van der Waals surface area contributed by atoms with Crippen LogP contribution < -0.4 is 0 Å². The fourth-order valence-corrected chi connectivity index (χ4v) is 5.20. The SMILES string of the molecule is CCOC(=O)N1CCN(S(=O)(=O)N2CCN(Cc3ccccc3C)CC2)CC1. The molecule has 2 heterocycles. The molecule has 0 saturated carbocycles. The summed E-state index contributed by atoms with van der Waals surface area (Å²) in [5, 5.41) is 0. The van der Waals surface area contributed by atoms with E-state index in [-0.39, 0.29) is 6.09 Å². The molecule has 1 aromatic carbocycles. The monoisotopic (exact) mass is 410 g/mol. The Morgan fingerprint density at radius 1 is 0.964 bits per heavy atom. The molecule has 0 bridgehead atoms. The van der Waals surface area contributed by atoms with Crippen molar-refractivity contribution in [1.29, 1.82) is 0 Å². The van der Waals surface area contributed by atoms with Crippen molar-refractivity contribution in [3.8, 4) is 0 Å². The van der Waals surface area contributed by atoms with Crippen molar-refractivity contribution in [2.45, 2.75) is 20.4 Å². The van der Waals surface area contributed by atoms with E-state index < -0.39 is 10.2 Å². The maximum atomic E-state index is 13.0. The van der Waals surface area contributed by atoms with Crippen LogP contribution in [0.5, 0.6) is 0 Å². The number of carbonyl (C=O) groups is 1. The van der Waals surface area contributed by atoms with Gasteiger partial charge >= 0.3 is 6.09 Å². The molecule has 156 valence electrons. The van der Waals surface area contributed by atoms with Crippen molar-refractivity contribution in [2.75, 3.05) is 59.0 Å². The van der Waals surface area contributed by atoms with Crippen LogP contribution in [-0.2, 0) is 21.5 Å². The second-order valence-corrected chi connectivity index (χ2v) is 9.12. The fourth-order valence-electron chi connectivity index (χ4n) is 3.63. The zero-order valence-electron chi connectivity index (χ0n) is 16.7. The van der Waals surface area contributed by atoms with Gasteiger partial charge in [-0.2, -0.15) is 17.0 Å². The van der Waals surface area contributed by atoms with Gasteiger partial charge in [0.2, 0.25) is 0 Å². The second-order valence-electron chi connectivity index (χ2n) is 7.19. The molecule has 0 N–H and O–H groups in total. The fraction of sp³-hybridized carbons (Fsp3) is 0.632. The molecule has 0 spiro atoms. The predicted octanol–water partition coefficient (Wildman–Crippen LogP) is 1.13. The van der Waals surface area contributed by atoms with E-state index in [9.17, 15) is 13.2 Å². The minimum atomic E-state index is -3.49. The summed E-state index contributed by atoms with van der Waals surface area (Å²) in [7, 11) is -3.49. The summed E-state index contributed by atoms with van der Waals surface area (Å²) in [6.45, 7) is 8.81. The van der Waals surface area contributed by atoms with E-state index in [2.05, 4.69) is 24.0 Å². The number of hydrogen-bond acceptors (Lipinski definition) is 5. The van der Waals surface area contributed by atoms with Gasteiger partial charge in [-0.05, 0) is 25.0 Å². The predicted molar refractivity (Wildman–Crippen MR) is 107 cm³/mol. The standard InChI is InChI=1S/C19H30N4O4S/c1-3-27-19(24)21-10-14-23(15-11-21)28(25,26)22-12-8-20(9-13-22)16-18-7-5-4-6-17(18)2/h4-7H,3,8-16H2,1-2H3. The summed E-state index contributed by atoms with van der Waals surface area (Å²) in [5.74, 6) is 0. The summed E-state index contributed by atoms with van der Waals surface area (Å²) >= 11 is 0. The van der Waals surface area contributed by atoms with Gasteiger partial charge in [-0.25, -0.2) is 4.79 Å². The third kappa shape index (κ3) is 4.83. The van der Waals surface area contributed by atoms with Crippen LogP contribution in [0.1, 0.15) is 18.1 Å². The minimum absolute atomic E-state index is 0.310. The van der Waals surface area contributed by atoms with Gasteiger partial charge in [-0.15, -0.1) is 0 Å². The molecule has 2 saturated heterocycles. The van der Waals surface area contributed by atoms with Crippen LogP contribution in [-0.4, -0.2) is 91.9 Å². The minimum Gasteiger partial charge on any atom is -0.450 e. The lowest BCUT2D eigenvalue weighted by molar-refractivity contribution is 0.0915. The Labute approximate surface area is 167 Å². The van der Waals surface area contributed by atoms with E-state index in [4.69, 9.17) is 4.74 Å². The van der Waals surface area contributed by atoms with E-state index in [0.717, 1.165) is 19.6 Å². The topological polar surface area (TPSA) is 73.4 Å². The molecule has 2 aliphatic rings. The van der Waals surface area contributed by atoms with Gasteiger partial charge < -0.3 is 9.64 Å². The van der Waals surface area contributed by atoms with Crippen molar-refractivity contribution in [3.05, 3.63) is 35.4 Å². The first-order valence-electron chi connectivity index (χ1n) is 9.85. The lowest BCUT2D eigenvalue weighted by atomic mass is 10.1. The molecular weight excluding hydrogens is 380 g/mol. The van der Waals surface area contributed by atoms with Gasteiger partial charge in [0.25, 0.3) is 10.2 Å². The third-order valence-corrected chi connectivity index (χ3v) is 7.44. The second kappa shape index (κ2) is 9.21. The van der Waals surface area contributed by atoms with Crippen molar-refractivity contribution >= 4 is 16.3 Å². The van der Waals surface area contributed by atoms with E-state index in [1.807, 2.05) is 12.1 Å². The van der Waals surface area contributed by atoms with Crippen molar-refractivity contribution in [2.24, 2.45) is 0 Å². The zero-order valence-corrected chi connectivity index (χ0v) is 17.5. The molecule has 3 rings (SSSR count). The quantitative estimate of drug-likeness (QED) is 0.728. The van der Waals surface area contributed by atoms with Gasteiger partial charge in [0, 0.05) is 58.9 Å². The molecule has 9 heteroatoms. The van der Waals surface area contributed by atoms with Gasteiger partial charge in [0.1, 0.15) is 0 Å². The highest BCUT2D eigenvalue weighted by Crippen LogP contribution is 2.17. The van der Waals surface area contributed by atoms with Gasteiger partial charge in [0.15, 0.2) is 0 Å². The Hall–Kier alpha value is -1.68. The number of hydrogen-bond donors (Lipinski definition) is 0. The first-order chi connectivity index (χ1) is 13.4. The maximum absolute atomic E-state index is 13.0. The first-order valence-corrected chi connectivity index (χ1v) is 11.3. The molecule has 8 nitrogen and oxygen atoms in total. The highest BCUT2D eigenvalue weighted by molar-refractivity contribution is 7.86. The van der Waals surface area contributed by atoms with Gasteiger partial charge in [-0.1, -0.05) is 24.3 Å². The molecule has 1 amide bonds. The Balaban J connectivity index is 1.51. The van der Waals surface area contributed by atoms with E-state index in [1.165, 1.54) is 15.4 Å². The average molecular weight is 411 g/mol. The first kappa shape index (κ1) is 21.0. The molecule has 0 radical (unpaired) electrons. The van der Waals surface area contributed by atoms with Crippen LogP contribution in [0.25, 0.3) is 0 Å². The Morgan fingerprint density at radius 2 is 1.54 bits per heavy atom. The zero-order chi connectivity index (χ0) is 20.1. The number of nitrogens with zero attached hydrogens (tertiary/aromatic N) is 4. The normalized spacial score (nSPS) is 20.3. The summed E-state index contributed by atoms with van der Waals surface area (Å²) < 4.78 is 34.0. The summed E-state index contributed by atoms with van der Waals surface area (Å²) in [6.07, 6.45) is -0.371. The molecule has 2 fully saturated rings. The van der Waals surface area contributed by atoms with Crippen LogP contribution in [0.3, 0.4) is 0 Å². The van der Waals surface area contributed by atoms with Crippen LogP contribution in [0.2, 0.25) is 0 Å². The highest BCUT2D eigenvalue weighted by atomic mass is 32.2. The molecule has 2 aliphatic heterocycles. The molecule has 0 atom stereocenters. The maximum Gasteiger partial charge on any atom is 0.409 e. The molecule has 0 aliphatic carbocycles. The van der Waals surface area contributed by atoms with Crippen molar-refractivity contribution in [1.82, 2.24) is 18.4 Å². The van der Waals surface area contributed by atoms with Crippen molar-refractivity contribution in [3.63, 3.8) is 0 Å². The average Bonchev–Trinajstić information content (AvgIpc) is 2.70. The van der Waals surface area contributed by atoms with Crippen LogP contribution in [0, 0.1) is 6.92 Å². The highest BCUT2D eigenvalue weighted by Gasteiger charge is 2.35. The van der Waals surface area contributed by atoms with Crippen LogP contribution in [0.4, 0.5) is 4.79 Å². The number of amides is 1. The molecule has 0 unspecified atom stereocenters. The Kier molecular flexibility index (Phi) is 6.92. The van der Waals surface area contributed by atoms with Gasteiger partial charge in [-0.3, -0.25) is 4.90 Å². The lowest BCUT2D eigenvalue weighted by Crippen LogP contribution is -2.57.